The van der Waals surface area contributed by atoms with E-state index in [-0.39, 0.29) is 0 Å². The Hall–Kier alpha value is -1.80. The largest absolute Gasteiger partial charge is 0.493 e. The lowest BCUT2D eigenvalue weighted by Gasteiger charge is -2.07. The molecule has 1 heterocycles. The molecule has 1 aliphatic rings. The van der Waals surface area contributed by atoms with Crippen LogP contribution in [0.1, 0.15) is 15.9 Å². The van der Waals surface area contributed by atoms with Crippen LogP contribution in [0.5, 0.6) is 5.75 Å². The molecule has 0 spiro atoms. The van der Waals surface area contributed by atoms with Crippen molar-refractivity contribution in [2.75, 3.05) is 6.61 Å². The quantitative estimate of drug-likeness (QED) is 0.767. The van der Waals surface area contributed by atoms with Crippen molar-refractivity contribution in [2.45, 2.75) is 6.42 Å². The van der Waals surface area contributed by atoms with Gasteiger partial charge in [-0.3, -0.25) is 4.79 Å². The van der Waals surface area contributed by atoms with E-state index in [0.29, 0.717) is 10.6 Å². The van der Waals surface area contributed by atoms with Crippen molar-refractivity contribution in [1.82, 2.24) is 0 Å². The van der Waals surface area contributed by atoms with Crippen molar-refractivity contribution in [3.05, 3.63) is 52.5 Å². The van der Waals surface area contributed by atoms with Gasteiger partial charge in [-0.25, -0.2) is 0 Å². The molecule has 0 atom stereocenters. The average molecular weight is 259 g/mol. The van der Waals surface area contributed by atoms with E-state index < -0.39 is 0 Å². The molecule has 0 aromatic heterocycles. The Balaban J connectivity index is 2.07. The number of carbonyl (C=O) groups is 1. The zero-order chi connectivity index (χ0) is 12.5. The second kappa shape index (κ2) is 4.46. The summed E-state index contributed by atoms with van der Waals surface area (Å²) in [6.07, 6.45) is 1.74. The molecule has 0 fully saturated rings. The summed E-state index contributed by atoms with van der Waals surface area (Å²) < 4.78 is 5.48. The molecule has 3 heteroatoms. The van der Waals surface area contributed by atoms with Gasteiger partial charge in [0.05, 0.1) is 6.61 Å². The van der Waals surface area contributed by atoms with Gasteiger partial charge in [-0.15, -0.1) is 0 Å². The zero-order valence-electron chi connectivity index (χ0n) is 9.65. The van der Waals surface area contributed by atoms with Crippen LogP contribution in [0.4, 0.5) is 0 Å². The number of benzene rings is 2. The summed E-state index contributed by atoms with van der Waals surface area (Å²) in [6, 6.07) is 11.4. The van der Waals surface area contributed by atoms with E-state index >= 15 is 0 Å². The third kappa shape index (κ3) is 1.89. The van der Waals surface area contributed by atoms with E-state index in [0.717, 1.165) is 36.2 Å². The predicted octanol–water partition coefficient (Wildman–Crippen LogP) is 3.75. The Morgan fingerprint density at radius 1 is 1.17 bits per heavy atom. The highest BCUT2D eigenvalue weighted by Crippen LogP contribution is 2.33. The predicted molar refractivity (Wildman–Crippen MR) is 71.5 cm³/mol. The van der Waals surface area contributed by atoms with E-state index in [2.05, 4.69) is 6.07 Å². The molecule has 0 amide bonds. The van der Waals surface area contributed by atoms with E-state index in [1.165, 1.54) is 5.56 Å². The van der Waals surface area contributed by atoms with Gasteiger partial charge in [-0.2, -0.15) is 0 Å². The van der Waals surface area contributed by atoms with Crippen molar-refractivity contribution in [2.24, 2.45) is 0 Å². The fourth-order valence-corrected chi connectivity index (χ4v) is 2.49. The lowest BCUT2D eigenvalue weighted by Crippen LogP contribution is -1.85. The van der Waals surface area contributed by atoms with Crippen LogP contribution in [0.3, 0.4) is 0 Å². The first kappa shape index (κ1) is 11.3. The van der Waals surface area contributed by atoms with Crippen molar-refractivity contribution in [3.8, 4) is 16.9 Å². The van der Waals surface area contributed by atoms with Crippen LogP contribution in [0.25, 0.3) is 11.1 Å². The van der Waals surface area contributed by atoms with E-state index in [9.17, 15) is 4.79 Å². The van der Waals surface area contributed by atoms with Crippen LogP contribution >= 0.6 is 11.6 Å². The van der Waals surface area contributed by atoms with Crippen LogP contribution in [-0.2, 0) is 6.42 Å². The second-order valence-electron chi connectivity index (χ2n) is 4.28. The Labute approximate surface area is 110 Å². The highest BCUT2D eigenvalue weighted by Gasteiger charge is 2.13. The SMILES string of the molecule is O=Cc1ccc(-c2ccc3c(c2)CCO3)c(Cl)c1. The summed E-state index contributed by atoms with van der Waals surface area (Å²) in [5.41, 5.74) is 3.80. The molecule has 3 rings (SSSR count). The van der Waals surface area contributed by atoms with Crippen LogP contribution in [0, 0.1) is 0 Å². The molecule has 0 radical (unpaired) electrons. The zero-order valence-corrected chi connectivity index (χ0v) is 10.4. The van der Waals surface area contributed by atoms with Crippen molar-refractivity contribution < 1.29 is 9.53 Å². The number of ether oxygens (including phenoxy) is 1. The van der Waals surface area contributed by atoms with Gasteiger partial charge in [-0.05, 0) is 29.3 Å². The fourth-order valence-electron chi connectivity index (χ4n) is 2.19. The Kier molecular flexibility index (Phi) is 2.80. The Morgan fingerprint density at radius 2 is 2.06 bits per heavy atom. The third-order valence-electron chi connectivity index (χ3n) is 3.13. The van der Waals surface area contributed by atoms with Gasteiger partial charge in [0.1, 0.15) is 12.0 Å². The minimum atomic E-state index is 0.591. The number of fused-ring (bicyclic) bond motifs is 1. The van der Waals surface area contributed by atoms with Crippen molar-refractivity contribution in [3.63, 3.8) is 0 Å². The maximum Gasteiger partial charge on any atom is 0.150 e. The van der Waals surface area contributed by atoms with Gasteiger partial charge in [0.25, 0.3) is 0 Å². The van der Waals surface area contributed by atoms with Crippen LogP contribution in [0.2, 0.25) is 5.02 Å². The molecule has 1 aliphatic heterocycles. The molecular weight excluding hydrogens is 248 g/mol. The molecular formula is C15H11ClO2. The number of hydrogen-bond donors (Lipinski definition) is 0. The van der Waals surface area contributed by atoms with Crippen molar-refractivity contribution >= 4 is 17.9 Å². The highest BCUT2D eigenvalue weighted by atomic mass is 35.5. The minimum absolute atomic E-state index is 0.591. The standard InChI is InChI=1S/C15H11ClO2/c16-14-7-10(9-17)1-3-13(14)11-2-4-15-12(8-11)5-6-18-15/h1-4,7-9H,5-6H2. The molecule has 18 heavy (non-hydrogen) atoms. The minimum Gasteiger partial charge on any atom is -0.493 e. The fraction of sp³-hybridized carbons (Fsp3) is 0.133. The molecule has 90 valence electrons. The van der Waals surface area contributed by atoms with Gasteiger partial charge >= 0.3 is 0 Å². The van der Waals surface area contributed by atoms with Crippen LogP contribution in [0.15, 0.2) is 36.4 Å². The average Bonchev–Trinajstić information content (AvgIpc) is 2.85. The number of halogens is 1. The van der Waals surface area contributed by atoms with E-state index in [1.807, 2.05) is 18.2 Å². The van der Waals surface area contributed by atoms with Gasteiger partial charge in [-0.1, -0.05) is 29.8 Å². The van der Waals surface area contributed by atoms with Crippen LogP contribution in [-0.4, -0.2) is 12.9 Å². The lowest BCUT2D eigenvalue weighted by molar-refractivity contribution is 0.112. The first-order chi connectivity index (χ1) is 8.78. The molecule has 0 N–H and O–H groups in total. The second-order valence-corrected chi connectivity index (χ2v) is 4.69. The number of rotatable bonds is 2. The molecule has 2 aromatic carbocycles. The third-order valence-corrected chi connectivity index (χ3v) is 3.44. The van der Waals surface area contributed by atoms with Crippen molar-refractivity contribution in [1.29, 1.82) is 0 Å². The van der Waals surface area contributed by atoms with Crippen LogP contribution < -0.4 is 4.74 Å². The monoisotopic (exact) mass is 258 g/mol. The molecule has 0 saturated carbocycles. The normalized spacial score (nSPS) is 12.9. The Bertz CT molecular complexity index is 620. The summed E-state index contributed by atoms with van der Waals surface area (Å²) in [7, 11) is 0. The summed E-state index contributed by atoms with van der Waals surface area (Å²) in [6.45, 7) is 0.747. The first-order valence-corrected chi connectivity index (χ1v) is 6.16. The molecule has 0 bridgehead atoms. The Morgan fingerprint density at radius 3 is 2.83 bits per heavy atom. The summed E-state index contributed by atoms with van der Waals surface area (Å²) in [5, 5.41) is 0.596. The van der Waals surface area contributed by atoms with Gasteiger partial charge < -0.3 is 4.74 Å². The molecule has 2 aromatic rings. The molecule has 0 unspecified atom stereocenters. The number of hydrogen-bond acceptors (Lipinski definition) is 2. The molecule has 0 aliphatic carbocycles. The number of aldehydes is 1. The van der Waals surface area contributed by atoms with Gasteiger partial charge in [0.15, 0.2) is 0 Å². The summed E-state index contributed by atoms with van der Waals surface area (Å²) >= 11 is 6.20. The topological polar surface area (TPSA) is 26.3 Å². The first-order valence-electron chi connectivity index (χ1n) is 5.79. The lowest BCUT2D eigenvalue weighted by atomic mass is 10.0. The van der Waals surface area contributed by atoms with E-state index in [4.69, 9.17) is 16.3 Å². The molecule has 2 nitrogen and oxygen atoms in total. The summed E-state index contributed by atoms with van der Waals surface area (Å²) in [5.74, 6) is 0.958. The van der Waals surface area contributed by atoms with E-state index in [1.54, 1.807) is 12.1 Å². The summed E-state index contributed by atoms with van der Waals surface area (Å²) in [4.78, 5) is 10.7. The maximum absolute atomic E-state index is 10.7. The number of carbonyl (C=O) groups excluding carboxylic acids is 1. The highest BCUT2D eigenvalue weighted by molar-refractivity contribution is 6.33. The van der Waals surface area contributed by atoms with Gasteiger partial charge in [0, 0.05) is 22.6 Å². The smallest absolute Gasteiger partial charge is 0.150 e. The maximum atomic E-state index is 10.7. The molecule has 0 saturated heterocycles. The van der Waals surface area contributed by atoms with Gasteiger partial charge in [0.2, 0.25) is 0 Å².